The van der Waals surface area contributed by atoms with Gasteiger partial charge in [-0.15, -0.1) is 0 Å². The summed E-state index contributed by atoms with van der Waals surface area (Å²) in [6.45, 7) is 1.37. The Morgan fingerprint density at radius 1 is 1.15 bits per heavy atom. The maximum Gasteiger partial charge on any atom is 0.274 e. The van der Waals surface area contributed by atoms with Gasteiger partial charge in [0.2, 0.25) is 5.91 Å². The summed E-state index contributed by atoms with van der Waals surface area (Å²) in [6, 6.07) is 10.3. The number of aromatic amines is 1. The summed E-state index contributed by atoms with van der Waals surface area (Å²) >= 11 is 11.3. The smallest absolute Gasteiger partial charge is 0.274 e. The first kappa shape index (κ1) is 18.8. The maximum absolute atomic E-state index is 13.2. The highest BCUT2D eigenvalue weighted by Crippen LogP contribution is 2.26. The molecule has 0 bridgehead atoms. The molecule has 0 spiro atoms. The summed E-state index contributed by atoms with van der Waals surface area (Å²) in [4.78, 5) is 26.6. The van der Waals surface area contributed by atoms with Gasteiger partial charge in [0, 0.05) is 24.5 Å². The summed E-state index contributed by atoms with van der Waals surface area (Å²) in [7, 11) is 0. The topological polar surface area (TPSA) is 78.9 Å². The third-order valence-electron chi connectivity index (χ3n) is 3.63. The number of hydrogen-bond donors (Lipinski definition) is 3. The predicted octanol–water partition coefficient (Wildman–Crippen LogP) is 4.54. The number of halogens is 2. The van der Waals surface area contributed by atoms with Crippen molar-refractivity contribution >= 4 is 47.0 Å². The summed E-state index contributed by atoms with van der Waals surface area (Å²) < 4.78 is 15.0. The first-order valence-electron chi connectivity index (χ1n) is 7.80. The number of hydrogen-bond acceptors (Lipinski definition) is 3. The molecular formula is C18H14ClFN4O2S. The molecule has 0 aliphatic heterocycles. The molecule has 0 saturated carbocycles. The van der Waals surface area contributed by atoms with Crippen molar-refractivity contribution in [3.8, 4) is 5.69 Å². The van der Waals surface area contributed by atoms with Crippen LogP contribution in [0.1, 0.15) is 17.4 Å². The fourth-order valence-electron chi connectivity index (χ4n) is 2.46. The summed E-state index contributed by atoms with van der Waals surface area (Å²) in [5.41, 5.74) is 1.68. The van der Waals surface area contributed by atoms with Gasteiger partial charge in [0.15, 0.2) is 4.77 Å². The number of H-pyrrole nitrogens is 1. The first-order valence-corrected chi connectivity index (χ1v) is 8.58. The normalized spacial score (nSPS) is 10.5. The Morgan fingerprint density at radius 2 is 1.85 bits per heavy atom. The zero-order valence-electron chi connectivity index (χ0n) is 14.0. The summed E-state index contributed by atoms with van der Waals surface area (Å²) in [6.07, 6.45) is 1.47. The molecule has 3 N–H and O–H groups in total. The zero-order valence-corrected chi connectivity index (χ0v) is 15.6. The van der Waals surface area contributed by atoms with Crippen LogP contribution < -0.4 is 10.6 Å². The Hall–Kier alpha value is -2.97. The van der Waals surface area contributed by atoms with Crippen LogP contribution in [0.2, 0.25) is 5.02 Å². The van der Waals surface area contributed by atoms with Gasteiger partial charge >= 0.3 is 0 Å². The minimum atomic E-state index is -0.435. The van der Waals surface area contributed by atoms with Gasteiger partial charge in [0.25, 0.3) is 5.91 Å². The van der Waals surface area contributed by atoms with Crippen LogP contribution in [0.15, 0.2) is 48.7 Å². The SMILES string of the molecule is CC(=O)Nc1ccc(NC(=O)c2c[nH]c(=S)n2-c2ccc(F)cc2)cc1Cl. The number of aromatic nitrogens is 2. The molecule has 9 heteroatoms. The van der Waals surface area contributed by atoms with E-state index in [2.05, 4.69) is 15.6 Å². The minimum absolute atomic E-state index is 0.244. The number of benzene rings is 2. The lowest BCUT2D eigenvalue weighted by atomic mass is 10.2. The number of anilines is 2. The van der Waals surface area contributed by atoms with E-state index in [1.807, 2.05) is 0 Å². The molecule has 6 nitrogen and oxygen atoms in total. The molecule has 27 heavy (non-hydrogen) atoms. The van der Waals surface area contributed by atoms with E-state index in [9.17, 15) is 14.0 Å². The Balaban J connectivity index is 1.87. The van der Waals surface area contributed by atoms with Crippen molar-refractivity contribution in [2.24, 2.45) is 0 Å². The molecule has 1 heterocycles. The predicted molar refractivity (Wildman–Crippen MR) is 105 cm³/mol. The van der Waals surface area contributed by atoms with E-state index >= 15 is 0 Å². The van der Waals surface area contributed by atoms with E-state index in [0.717, 1.165) is 0 Å². The van der Waals surface area contributed by atoms with E-state index in [1.165, 1.54) is 48.0 Å². The average Bonchev–Trinajstić information content (AvgIpc) is 2.99. The zero-order chi connectivity index (χ0) is 19.6. The number of imidazole rings is 1. The van der Waals surface area contributed by atoms with E-state index < -0.39 is 5.91 Å². The third-order valence-corrected chi connectivity index (χ3v) is 4.24. The lowest BCUT2D eigenvalue weighted by molar-refractivity contribution is -0.114. The molecular weight excluding hydrogens is 391 g/mol. The lowest BCUT2D eigenvalue weighted by Crippen LogP contribution is -2.16. The van der Waals surface area contributed by atoms with E-state index in [-0.39, 0.29) is 22.4 Å². The molecule has 0 aliphatic carbocycles. The number of nitrogens with zero attached hydrogens (tertiary/aromatic N) is 1. The van der Waals surface area contributed by atoms with Crippen LogP contribution in [0.5, 0.6) is 0 Å². The molecule has 3 aromatic rings. The van der Waals surface area contributed by atoms with Crippen molar-refractivity contribution < 1.29 is 14.0 Å². The molecule has 2 aromatic carbocycles. The second-order valence-electron chi connectivity index (χ2n) is 5.62. The molecule has 0 aliphatic rings. The average molecular weight is 405 g/mol. The van der Waals surface area contributed by atoms with E-state index in [1.54, 1.807) is 12.1 Å². The second kappa shape index (κ2) is 7.73. The standard InChI is InChI=1S/C18H14ClFN4O2S/c1-10(25)22-15-7-4-12(8-14(15)19)23-17(26)16-9-21-18(27)24(16)13-5-2-11(20)3-6-13/h2-9H,1H3,(H,21,27)(H,22,25)(H,23,26). The second-order valence-corrected chi connectivity index (χ2v) is 6.41. The fraction of sp³-hybridized carbons (Fsp3) is 0.0556. The largest absolute Gasteiger partial charge is 0.336 e. The molecule has 0 fully saturated rings. The Morgan fingerprint density at radius 3 is 2.48 bits per heavy atom. The Kier molecular flexibility index (Phi) is 5.38. The molecule has 0 unspecified atom stereocenters. The Bertz CT molecular complexity index is 1080. The van der Waals surface area contributed by atoms with Gasteiger partial charge in [-0.1, -0.05) is 11.6 Å². The number of nitrogens with one attached hydrogen (secondary N) is 3. The van der Waals surface area contributed by atoms with Crippen LogP contribution in [-0.2, 0) is 4.79 Å². The van der Waals surface area contributed by atoms with Crippen LogP contribution in [-0.4, -0.2) is 21.4 Å². The van der Waals surface area contributed by atoms with Gasteiger partial charge in [0.1, 0.15) is 11.5 Å². The third kappa shape index (κ3) is 4.24. The van der Waals surface area contributed by atoms with Crippen molar-refractivity contribution in [1.82, 2.24) is 9.55 Å². The van der Waals surface area contributed by atoms with Crippen LogP contribution in [0.3, 0.4) is 0 Å². The van der Waals surface area contributed by atoms with Gasteiger partial charge in [-0.3, -0.25) is 14.2 Å². The van der Waals surface area contributed by atoms with Gasteiger partial charge in [0.05, 0.1) is 10.7 Å². The van der Waals surface area contributed by atoms with Crippen molar-refractivity contribution in [3.63, 3.8) is 0 Å². The van der Waals surface area contributed by atoms with Gasteiger partial charge in [-0.05, 0) is 54.7 Å². The maximum atomic E-state index is 13.2. The number of rotatable bonds is 4. The number of amides is 2. The van der Waals surface area contributed by atoms with Crippen molar-refractivity contribution in [3.05, 3.63) is 70.0 Å². The minimum Gasteiger partial charge on any atom is -0.336 e. The molecule has 2 amide bonds. The molecule has 1 aromatic heterocycles. The van der Waals surface area contributed by atoms with Gasteiger partial charge < -0.3 is 15.6 Å². The quantitative estimate of drug-likeness (QED) is 0.558. The fourth-order valence-corrected chi connectivity index (χ4v) is 2.95. The van der Waals surface area contributed by atoms with Crippen LogP contribution in [0.25, 0.3) is 5.69 Å². The number of carbonyl (C=O) groups is 2. The molecule has 0 radical (unpaired) electrons. The first-order chi connectivity index (χ1) is 12.8. The lowest BCUT2D eigenvalue weighted by Gasteiger charge is -2.11. The molecule has 0 atom stereocenters. The molecule has 3 rings (SSSR count). The highest BCUT2D eigenvalue weighted by molar-refractivity contribution is 7.71. The van der Waals surface area contributed by atoms with Gasteiger partial charge in [-0.2, -0.15) is 0 Å². The monoisotopic (exact) mass is 404 g/mol. The van der Waals surface area contributed by atoms with Crippen molar-refractivity contribution in [2.75, 3.05) is 10.6 Å². The van der Waals surface area contributed by atoms with E-state index in [4.69, 9.17) is 23.8 Å². The highest BCUT2D eigenvalue weighted by Gasteiger charge is 2.15. The Labute approximate surface area is 164 Å². The highest BCUT2D eigenvalue weighted by atomic mass is 35.5. The summed E-state index contributed by atoms with van der Waals surface area (Å²) in [5, 5.41) is 5.59. The molecule has 0 saturated heterocycles. The van der Waals surface area contributed by atoms with Gasteiger partial charge in [-0.25, -0.2) is 4.39 Å². The van der Waals surface area contributed by atoms with E-state index in [0.29, 0.717) is 21.8 Å². The van der Waals surface area contributed by atoms with Crippen LogP contribution in [0.4, 0.5) is 15.8 Å². The summed E-state index contributed by atoms with van der Waals surface area (Å²) in [5.74, 6) is -1.07. The van der Waals surface area contributed by atoms with Crippen molar-refractivity contribution in [1.29, 1.82) is 0 Å². The van der Waals surface area contributed by atoms with Crippen molar-refractivity contribution in [2.45, 2.75) is 6.92 Å². The number of carbonyl (C=O) groups excluding carboxylic acids is 2. The van der Waals surface area contributed by atoms with Crippen LogP contribution in [0, 0.1) is 10.6 Å². The van der Waals surface area contributed by atoms with Crippen LogP contribution >= 0.6 is 23.8 Å². The molecule has 138 valence electrons.